The summed E-state index contributed by atoms with van der Waals surface area (Å²) in [5, 5.41) is 12.6. The zero-order chi connectivity index (χ0) is 22.6. The normalized spacial score (nSPS) is 11.0. The molecule has 0 bridgehead atoms. The van der Waals surface area contributed by atoms with Crippen LogP contribution in [0.1, 0.15) is 59.5 Å². The standard InChI is InChI=1S/C22H27N3O5/c1-7-15-16(9-8-10-19(15)30-6)20(26)23-24(22(3,4)5)21(27)17-13-14(2)11-12-18(17)25(28)29/h8-13H,7H2,1-6H3,(H,23,26). The first kappa shape index (κ1) is 22.9. The Bertz CT molecular complexity index is 979. The second kappa shape index (κ2) is 8.94. The van der Waals surface area contributed by atoms with E-state index in [9.17, 15) is 19.7 Å². The quantitative estimate of drug-likeness (QED) is 0.588. The van der Waals surface area contributed by atoms with Crippen molar-refractivity contribution in [1.82, 2.24) is 10.4 Å². The average Bonchev–Trinajstić information content (AvgIpc) is 2.69. The van der Waals surface area contributed by atoms with Crippen molar-refractivity contribution in [1.29, 1.82) is 0 Å². The zero-order valence-electron chi connectivity index (χ0n) is 18.1. The molecule has 0 unspecified atom stereocenters. The van der Waals surface area contributed by atoms with Crippen molar-refractivity contribution in [2.45, 2.75) is 46.6 Å². The monoisotopic (exact) mass is 413 g/mol. The van der Waals surface area contributed by atoms with E-state index in [-0.39, 0.29) is 11.3 Å². The number of rotatable bonds is 5. The molecule has 0 saturated heterocycles. The number of ether oxygens (including phenoxy) is 1. The summed E-state index contributed by atoms with van der Waals surface area (Å²) in [6, 6.07) is 9.42. The topological polar surface area (TPSA) is 102 Å². The SMILES string of the molecule is CCc1c(OC)cccc1C(=O)NN(C(=O)c1cc(C)ccc1[N+](=O)[O-])C(C)(C)C. The summed E-state index contributed by atoms with van der Waals surface area (Å²) >= 11 is 0. The molecule has 2 amide bonds. The Kier molecular flexibility index (Phi) is 6.81. The number of amides is 2. The number of hydrazine groups is 1. The van der Waals surface area contributed by atoms with Gasteiger partial charge in [0.2, 0.25) is 0 Å². The second-order valence-electron chi connectivity index (χ2n) is 7.87. The molecule has 0 aromatic heterocycles. The summed E-state index contributed by atoms with van der Waals surface area (Å²) in [7, 11) is 1.53. The highest BCUT2D eigenvalue weighted by molar-refractivity contribution is 6.02. The molecule has 0 fully saturated rings. The van der Waals surface area contributed by atoms with Gasteiger partial charge in [0.15, 0.2) is 0 Å². The number of aryl methyl sites for hydroxylation is 1. The maximum absolute atomic E-state index is 13.3. The summed E-state index contributed by atoms with van der Waals surface area (Å²) < 4.78 is 5.34. The molecule has 2 aromatic carbocycles. The minimum Gasteiger partial charge on any atom is -0.496 e. The number of carbonyl (C=O) groups excluding carboxylic acids is 2. The molecule has 2 aromatic rings. The van der Waals surface area contributed by atoms with Crippen LogP contribution in [-0.4, -0.2) is 34.4 Å². The van der Waals surface area contributed by atoms with Gasteiger partial charge in [0, 0.05) is 17.2 Å². The third-order valence-corrected chi connectivity index (χ3v) is 4.62. The number of nitrogens with zero attached hydrogens (tertiary/aromatic N) is 2. The summed E-state index contributed by atoms with van der Waals surface area (Å²) in [6.45, 7) is 8.85. The van der Waals surface area contributed by atoms with E-state index in [1.807, 2.05) is 6.92 Å². The van der Waals surface area contributed by atoms with Crippen LogP contribution in [0.5, 0.6) is 5.75 Å². The maximum Gasteiger partial charge on any atom is 0.282 e. The van der Waals surface area contributed by atoms with Crippen LogP contribution in [0.15, 0.2) is 36.4 Å². The first-order valence-electron chi connectivity index (χ1n) is 9.57. The van der Waals surface area contributed by atoms with Crippen molar-refractivity contribution in [3.05, 3.63) is 68.8 Å². The molecule has 0 atom stereocenters. The number of methoxy groups -OCH3 is 1. The third kappa shape index (κ3) is 4.76. The number of hydrogen-bond donors (Lipinski definition) is 1. The first-order chi connectivity index (χ1) is 14.0. The predicted molar refractivity (Wildman–Crippen MR) is 114 cm³/mol. The molecule has 0 aliphatic carbocycles. The highest BCUT2D eigenvalue weighted by Gasteiger charge is 2.33. The Balaban J connectivity index is 2.49. The van der Waals surface area contributed by atoms with Crippen molar-refractivity contribution in [3.8, 4) is 5.75 Å². The number of carbonyl (C=O) groups is 2. The number of nitro benzene ring substituents is 1. The van der Waals surface area contributed by atoms with Gasteiger partial charge in [-0.1, -0.05) is 19.1 Å². The van der Waals surface area contributed by atoms with E-state index in [1.165, 1.54) is 19.2 Å². The Morgan fingerprint density at radius 2 is 1.83 bits per heavy atom. The number of benzene rings is 2. The smallest absolute Gasteiger partial charge is 0.282 e. The van der Waals surface area contributed by atoms with Gasteiger partial charge in [-0.05, 0) is 57.9 Å². The minimum absolute atomic E-state index is 0.0865. The Hall–Kier alpha value is -3.42. The Labute approximate surface area is 176 Å². The lowest BCUT2D eigenvalue weighted by Crippen LogP contribution is -2.56. The maximum atomic E-state index is 13.3. The van der Waals surface area contributed by atoms with Crippen molar-refractivity contribution in [3.63, 3.8) is 0 Å². The van der Waals surface area contributed by atoms with Crippen molar-refractivity contribution < 1.29 is 19.2 Å². The lowest BCUT2D eigenvalue weighted by molar-refractivity contribution is -0.385. The molecule has 0 heterocycles. The van der Waals surface area contributed by atoms with E-state index >= 15 is 0 Å². The van der Waals surface area contributed by atoms with Crippen LogP contribution in [0.3, 0.4) is 0 Å². The van der Waals surface area contributed by atoms with E-state index in [0.717, 1.165) is 5.01 Å². The van der Waals surface area contributed by atoms with E-state index < -0.39 is 22.3 Å². The summed E-state index contributed by atoms with van der Waals surface area (Å²) in [6.07, 6.45) is 0.555. The Morgan fingerprint density at radius 1 is 1.17 bits per heavy atom. The van der Waals surface area contributed by atoms with Crippen molar-refractivity contribution in [2.75, 3.05) is 7.11 Å². The van der Waals surface area contributed by atoms with Gasteiger partial charge in [-0.15, -0.1) is 0 Å². The van der Waals surface area contributed by atoms with E-state index in [0.29, 0.717) is 28.9 Å². The van der Waals surface area contributed by atoms with Crippen molar-refractivity contribution >= 4 is 17.5 Å². The lowest BCUT2D eigenvalue weighted by atomic mass is 10.0. The van der Waals surface area contributed by atoms with Crippen LogP contribution in [0.2, 0.25) is 0 Å². The highest BCUT2D eigenvalue weighted by atomic mass is 16.6. The molecule has 2 rings (SSSR count). The van der Waals surface area contributed by atoms with Gasteiger partial charge in [0.1, 0.15) is 11.3 Å². The van der Waals surface area contributed by atoms with Crippen LogP contribution < -0.4 is 10.2 Å². The van der Waals surface area contributed by atoms with E-state index in [1.54, 1.807) is 52.0 Å². The van der Waals surface area contributed by atoms with Crippen LogP contribution >= 0.6 is 0 Å². The number of nitro groups is 1. The molecule has 160 valence electrons. The minimum atomic E-state index is -0.838. The third-order valence-electron chi connectivity index (χ3n) is 4.62. The molecule has 8 nitrogen and oxygen atoms in total. The number of nitrogens with one attached hydrogen (secondary N) is 1. The van der Waals surface area contributed by atoms with E-state index in [2.05, 4.69) is 5.43 Å². The zero-order valence-corrected chi connectivity index (χ0v) is 18.1. The summed E-state index contributed by atoms with van der Waals surface area (Å²) in [5.41, 5.74) is 3.19. The van der Waals surface area contributed by atoms with Gasteiger partial charge in [-0.25, -0.2) is 5.01 Å². The van der Waals surface area contributed by atoms with Gasteiger partial charge < -0.3 is 4.74 Å². The molecule has 0 aliphatic heterocycles. The fraction of sp³-hybridized carbons (Fsp3) is 0.364. The molecule has 0 spiro atoms. The molecule has 0 saturated carbocycles. The van der Waals surface area contributed by atoms with Gasteiger partial charge in [0.25, 0.3) is 17.5 Å². The van der Waals surface area contributed by atoms with Crippen LogP contribution in [-0.2, 0) is 6.42 Å². The fourth-order valence-electron chi connectivity index (χ4n) is 3.12. The molecule has 0 radical (unpaired) electrons. The second-order valence-corrected chi connectivity index (χ2v) is 7.87. The van der Waals surface area contributed by atoms with Gasteiger partial charge in [-0.3, -0.25) is 25.1 Å². The van der Waals surface area contributed by atoms with Gasteiger partial charge >= 0.3 is 0 Å². The highest BCUT2D eigenvalue weighted by Crippen LogP contribution is 2.26. The molecule has 1 N–H and O–H groups in total. The van der Waals surface area contributed by atoms with Crippen LogP contribution in [0, 0.1) is 17.0 Å². The largest absolute Gasteiger partial charge is 0.496 e. The van der Waals surface area contributed by atoms with E-state index in [4.69, 9.17) is 4.74 Å². The van der Waals surface area contributed by atoms with Crippen LogP contribution in [0.4, 0.5) is 5.69 Å². The molecular formula is C22H27N3O5. The molecule has 30 heavy (non-hydrogen) atoms. The molecule has 8 heteroatoms. The van der Waals surface area contributed by atoms with Gasteiger partial charge in [0.05, 0.1) is 17.6 Å². The predicted octanol–water partition coefficient (Wildman–Crippen LogP) is 4.06. The Morgan fingerprint density at radius 3 is 2.37 bits per heavy atom. The number of hydrogen-bond acceptors (Lipinski definition) is 5. The fourth-order valence-corrected chi connectivity index (χ4v) is 3.12. The summed E-state index contributed by atoms with van der Waals surface area (Å²) in [5.74, 6) is -0.579. The first-order valence-corrected chi connectivity index (χ1v) is 9.57. The van der Waals surface area contributed by atoms with Gasteiger partial charge in [-0.2, -0.15) is 0 Å². The molecule has 0 aliphatic rings. The molecular weight excluding hydrogens is 386 g/mol. The van der Waals surface area contributed by atoms with Crippen molar-refractivity contribution in [2.24, 2.45) is 0 Å². The average molecular weight is 413 g/mol. The van der Waals surface area contributed by atoms with Crippen LogP contribution in [0.25, 0.3) is 0 Å². The summed E-state index contributed by atoms with van der Waals surface area (Å²) in [4.78, 5) is 37.2. The lowest BCUT2D eigenvalue weighted by Gasteiger charge is -2.35.